The lowest BCUT2D eigenvalue weighted by Gasteiger charge is -2.16. The average Bonchev–Trinajstić information content (AvgIpc) is 2.64. The van der Waals surface area contributed by atoms with E-state index in [1.165, 1.54) is 34.9 Å². The van der Waals surface area contributed by atoms with Gasteiger partial charge in [0.25, 0.3) is 5.56 Å². The third kappa shape index (κ3) is 4.06. The van der Waals surface area contributed by atoms with Crippen molar-refractivity contribution in [2.75, 3.05) is 0 Å². The van der Waals surface area contributed by atoms with Gasteiger partial charge in [-0.2, -0.15) is 18.4 Å². The van der Waals surface area contributed by atoms with Crippen LogP contribution in [0.15, 0.2) is 59.4 Å². The first-order chi connectivity index (χ1) is 13.2. The molecule has 0 atom stereocenters. The highest BCUT2D eigenvalue weighted by molar-refractivity contribution is 6.35. The molecule has 0 unspecified atom stereocenters. The zero-order valence-electron chi connectivity index (χ0n) is 14.1. The molecule has 2 aromatic carbocycles. The fraction of sp³-hybridized carbons (Fsp3) is 0.100. The molecule has 0 fully saturated rings. The Bertz CT molecular complexity index is 1150. The molecule has 0 saturated carbocycles. The summed E-state index contributed by atoms with van der Waals surface area (Å²) in [6.45, 7) is -0.0318. The highest BCUT2D eigenvalue weighted by atomic mass is 35.5. The second kappa shape index (κ2) is 7.70. The Morgan fingerprint density at radius 3 is 2.43 bits per heavy atom. The lowest BCUT2D eigenvalue weighted by atomic mass is 10.1. The molecule has 0 saturated heterocycles. The lowest BCUT2D eigenvalue weighted by molar-refractivity contribution is -0.137. The van der Waals surface area contributed by atoms with Gasteiger partial charge in [0, 0.05) is 10.0 Å². The first kappa shape index (κ1) is 20.0. The molecule has 0 aliphatic carbocycles. The molecule has 0 aliphatic heterocycles. The molecule has 8 heteroatoms. The third-order valence-electron chi connectivity index (χ3n) is 4.12. The molecular formula is C20H11Cl2F3N2O. The summed E-state index contributed by atoms with van der Waals surface area (Å²) in [4.78, 5) is 12.7. The number of pyridine rings is 1. The quantitative estimate of drug-likeness (QED) is 0.538. The summed E-state index contributed by atoms with van der Waals surface area (Å²) in [6, 6.07) is 13.9. The second-order valence-corrected chi connectivity index (χ2v) is 6.79. The number of alkyl halides is 3. The number of halogens is 5. The Kier molecular flexibility index (Phi) is 5.50. The maximum absolute atomic E-state index is 13.1. The Balaban J connectivity index is 2.19. The van der Waals surface area contributed by atoms with E-state index in [0.717, 1.165) is 12.1 Å². The topological polar surface area (TPSA) is 45.8 Å². The van der Waals surface area contributed by atoms with Gasteiger partial charge in [-0.05, 0) is 47.5 Å². The predicted octanol–water partition coefficient (Wildman–Crippen LogP) is 5.76. The summed E-state index contributed by atoms with van der Waals surface area (Å²) in [7, 11) is 0. The summed E-state index contributed by atoms with van der Waals surface area (Å²) in [6.07, 6.45) is -4.52. The van der Waals surface area contributed by atoms with Crippen LogP contribution in [0.1, 0.15) is 16.7 Å². The van der Waals surface area contributed by atoms with Crippen LogP contribution in [0.2, 0.25) is 10.0 Å². The van der Waals surface area contributed by atoms with E-state index in [1.807, 2.05) is 0 Å². The molecule has 3 nitrogen and oxygen atoms in total. The van der Waals surface area contributed by atoms with E-state index in [2.05, 4.69) is 0 Å². The molecule has 3 rings (SSSR count). The van der Waals surface area contributed by atoms with Gasteiger partial charge in [-0.3, -0.25) is 4.79 Å². The minimum absolute atomic E-state index is 0.0318. The monoisotopic (exact) mass is 422 g/mol. The highest BCUT2D eigenvalue weighted by Gasteiger charge is 2.30. The van der Waals surface area contributed by atoms with Crippen LogP contribution in [-0.4, -0.2) is 4.57 Å². The number of aromatic nitrogens is 1. The molecule has 0 radical (unpaired) electrons. The van der Waals surface area contributed by atoms with E-state index < -0.39 is 17.3 Å². The van der Waals surface area contributed by atoms with Gasteiger partial charge in [0.15, 0.2) is 0 Å². The average molecular weight is 423 g/mol. The van der Waals surface area contributed by atoms with Crippen LogP contribution >= 0.6 is 23.2 Å². The zero-order valence-corrected chi connectivity index (χ0v) is 15.6. The molecule has 1 heterocycles. The van der Waals surface area contributed by atoms with Gasteiger partial charge in [0.1, 0.15) is 11.6 Å². The fourth-order valence-electron chi connectivity index (χ4n) is 2.75. The standard InChI is InChI=1S/C20H11Cl2F3N2O/c21-16-6-4-14(17(22)9-16)11-27-18(7-5-13(10-26)19(27)28)12-2-1-3-15(8-12)20(23,24)25/h1-9H,11H2. The fourth-order valence-corrected chi connectivity index (χ4v) is 3.22. The molecule has 0 amide bonds. The summed E-state index contributed by atoms with van der Waals surface area (Å²) in [5, 5.41) is 9.87. The van der Waals surface area contributed by atoms with Crippen LogP contribution in [0, 0.1) is 11.3 Å². The Morgan fingerprint density at radius 2 is 1.79 bits per heavy atom. The van der Waals surface area contributed by atoms with Gasteiger partial charge in [0.05, 0.1) is 17.8 Å². The van der Waals surface area contributed by atoms with Gasteiger partial charge < -0.3 is 4.57 Å². The lowest BCUT2D eigenvalue weighted by Crippen LogP contribution is -2.24. The largest absolute Gasteiger partial charge is 0.416 e. The maximum atomic E-state index is 13.1. The first-order valence-corrected chi connectivity index (χ1v) is 8.72. The second-order valence-electron chi connectivity index (χ2n) is 5.95. The SMILES string of the molecule is N#Cc1ccc(-c2cccc(C(F)(F)F)c2)n(Cc2ccc(Cl)cc2Cl)c1=O. The van der Waals surface area contributed by atoms with Crippen molar-refractivity contribution in [3.8, 4) is 17.3 Å². The predicted molar refractivity (Wildman–Crippen MR) is 101 cm³/mol. The van der Waals surface area contributed by atoms with Crippen molar-refractivity contribution < 1.29 is 13.2 Å². The number of rotatable bonds is 3. The third-order valence-corrected chi connectivity index (χ3v) is 4.71. The van der Waals surface area contributed by atoms with Gasteiger partial charge in [0.2, 0.25) is 0 Å². The zero-order chi connectivity index (χ0) is 20.5. The number of hydrogen-bond donors (Lipinski definition) is 0. The van der Waals surface area contributed by atoms with Crippen LogP contribution in [0.4, 0.5) is 13.2 Å². The molecule has 0 spiro atoms. The molecule has 0 aliphatic rings. The Labute approximate surface area is 168 Å². The van der Waals surface area contributed by atoms with Crippen LogP contribution in [-0.2, 0) is 12.7 Å². The number of hydrogen-bond acceptors (Lipinski definition) is 2. The van der Waals surface area contributed by atoms with E-state index in [1.54, 1.807) is 18.2 Å². The van der Waals surface area contributed by atoms with Crippen molar-refractivity contribution >= 4 is 23.2 Å². The van der Waals surface area contributed by atoms with Gasteiger partial charge in [-0.15, -0.1) is 0 Å². The molecule has 142 valence electrons. The van der Waals surface area contributed by atoms with E-state index in [-0.39, 0.29) is 23.4 Å². The van der Waals surface area contributed by atoms with Crippen molar-refractivity contribution in [2.24, 2.45) is 0 Å². The normalized spacial score (nSPS) is 11.3. The molecule has 0 N–H and O–H groups in total. The molecule has 28 heavy (non-hydrogen) atoms. The van der Waals surface area contributed by atoms with Crippen LogP contribution in [0.3, 0.4) is 0 Å². The summed E-state index contributed by atoms with van der Waals surface area (Å²) in [5.74, 6) is 0. The minimum atomic E-state index is -4.52. The van der Waals surface area contributed by atoms with Crippen molar-refractivity contribution in [3.63, 3.8) is 0 Å². The van der Waals surface area contributed by atoms with Crippen molar-refractivity contribution in [3.05, 3.63) is 91.7 Å². The smallest absolute Gasteiger partial charge is 0.303 e. The first-order valence-electron chi connectivity index (χ1n) is 7.96. The van der Waals surface area contributed by atoms with Crippen LogP contribution in [0.5, 0.6) is 0 Å². The molecular weight excluding hydrogens is 412 g/mol. The van der Waals surface area contributed by atoms with Crippen LogP contribution < -0.4 is 5.56 Å². The van der Waals surface area contributed by atoms with Crippen molar-refractivity contribution in [2.45, 2.75) is 12.7 Å². The number of benzene rings is 2. The number of nitrogens with zero attached hydrogens (tertiary/aromatic N) is 2. The number of nitriles is 1. The summed E-state index contributed by atoms with van der Waals surface area (Å²) >= 11 is 12.1. The summed E-state index contributed by atoms with van der Waals surface area (Å²) < 4.78 is 40.5. The van der Waals surface area contributed by atoms with E-state index in [4.69, 9.17) is 28.5 Å². The van der Waals surface area contributed by atoms with Gasteiger partial charge in [-0.1, -0.05) is 41.4 Å². The van der Waals surface area contributed by atoms with Crippen LogP contribution in [0.25, 0.3) is 11.3 Å². The summed E-state index contributed by atoms with van der Waals surface area (Å²) in [5.41, 5.74) is -0.610. The van der Waals surface area contributed by atoms with Crippen molar-refractivity contribution in [1.82, 2.24) is 4.57 Å². The Morgan fingerprint density at radius 1 is 1.04 bits per heavy atom. The van der Waals surface area contributed by atoms with Crippen molar-refractivity contribution in [1.29, 1.82) is 5.26 Å². The van der Waals surface area contributed by atoms with Gasteiger partial charge >= 0.3 is 6.18 Å². The van der Waals surface area contributed by atoms with E-state index in [9.17, 15) is 18.0 Å². The Hall–Kier alpha value is -2.75. The molecule has 0 bridgehead atoms. The molecule has 1 aromatic heterocycles. The maximum Gasteiger partial charge on any atom is 0.416 e. The van der Waals surface area contributed by atoms with Gasteiger partial charge in [-0.25, -0.2) is 0 Å². The minimum Gasteiger partial charge on any atom is -0.303 e. The highest BCUT2D eigenvalue weighted by Crippen LogP contribution is 2.32. The molecule has 3 aromatic rings. The van der Waals surface area contributed by atoms with E-state index >= 15 is 0 Å². The van der Waals surface area contributed by atoms with E-state index in [0.29, 0.717) is 15.6 Å².